The maximum atomic E-state index is 5.62. The normalized spacial score (nSPS) is 17.5. The minimum absolute atomic E-state index is 0.277. The summed E-state index contributed by atoms with van der Waals surface area (Å²) in [5.41, 5.74) is 2.05. The van der Waals surface area contributed by atoms with Crippen LogP contribution in [-0.2, 0) is 4.74 Å². The predicted octanol–water partition coefficient (Wildman–Crippen LogP) is 3.14. The molecule has 2 heterocycles. The Morgan fingerprint density at radius 1 is 1.27 bits per heavy atom. The van der Waals surface area contributed by atoms with Crippen LogP contribution in [0.15, 0.2) is 36.4 Å². The zero-order chi connectivity index (χ0) is 15.4. The molecule has 1 aliphatic heterocycles. The van der Waals surface area contributed by atoms with E-state index in [4.69, 9.17) is 4.74 Å². The molecule has 0 spiro atoms. The number of aryl methyl sites for hydroxylation is 1. The summed E-state index contributed by atoms with van der Waals surface area (Å²) in [5.74, 6) is 1.54. The van der Waals surface area contributed by atoms with Gasteiger partial charge in [-0.2, -0.15) is 4.98 Å². The van der Waals surface area contributed by atoms with Gasteiger partial charge in [0.2, 0.25) is 5.95 Å². The summed E-state index contributed by atoms with van der Waals surface area (Å²) in [7, 11) is 2.01. The molecular formula is C17H22N4O. The number of anilines is 3. The number of hydrogen-bond donors (Lipinski definition) is 1. The van der Waals surface area contributed by atoms with Gasteiger partial charge in [-0.25, -0.2) is 4.98 Å². The molecule has 116 valence electrons. The highest BCUT2D eigenvalue weighted by Gasteiger charge is 2.16. The molecule has 1 atom stereocenters. The Labute approximate surface area is 131 Å². The van der Waals surface area contributed by atoms with Crippen LogP contribution in [-0.4, -0.2) is 36.3 Å². The topological polar surface area (TPSA) is 50.3 Å². The van der Waals surface area contributed by atoms with E-state index in [-0.39, 0.29) is 6.10 Å². The highest BCUT2D eigenvalue weighted by molar-refractivity contribution is 5.60. The van der Waals surface area contributed by atoms with E-state index in [1.807, 2.05) is 38.2 Å². The Bertz CT molecular complexity index is 611. The molecule has 2 aromatic rings. The molecule has 1 unspecified atom stereocenters. The van der Waals surface area contributed by atoms with Crippen molar-refractivity contribution >= 4 is 17.5 Å². The quantitative estimate of drug-likeness (QED) is 0.919. The van der Waals surface area contributed by atoms with E-state index in [0.29, 0.717) is 5.95 Å². The second kappa shape index (κ2) is 6.75. The first-order valence-electron chi connectivity index (χ1n) is 7.72. The molecule has 1 saturated heterocycles. The van der Waals surface area contributed by atoms with Gasteiger partial charge in [0.25, 0.3) is 0 Å². The minimum atomic E-state index is 0.277. The molecule has 1 N–H and O–H groups in total. The van der Waals surface area contributed by atoms with Gasteiger partial charge in [0.05, 0.1) is 6.10 Å². The highest BCUT2D eigenvalue weighted by atomic mass is 16.5. The van der Waals surface area contributed by atoms with E-state index >= 15 is 0 Å². The average Bonchev–Trinajstić information content (AvgIpc) is 3.06. The summed E-state index contributed by atoms with van der Waals surface area (Å²) in [6, 6.07) is 12.2. The molecule has 0 bridgehead atoms. The first-order valence-corrected chi connectivity index (χ1v) is 7.72. The molecular weight excluding hydrogens is 276 g/mol. The Hall–Kier alpha value is -2.14. The molecule has 0 radical (unpaired) electrons. The number of ether oxygens (including phenoxy) is 1. The first-order chi connectivity index (χ1) is 10.7. The van der Waals surface area contributed by atoms with Gasteiger partial charge in [-0.05, 0) is 31.9 Å². The summed E-state index contributed by atoms with van der Waals surface area (Å²) in [6.07, 6.45) is 2.53. The van der Waals surface area contributed by atoms with Crippen LogP contribution >= 0.6 is 0 Å². The molecule has 0 saturated carbocycles. The van der Waals surface area contributed by atoms with Crippen molar-refractivity contribution in [3.05, 3.63) is 42.1 Å². The summed E-state index contributed by atoms with van der Waals surface area (Å²) in [4.78, 5) is 11.1. The molecule has 22 heavy (non-hydrogen) atoms. The number of para-hydroxylation sites is 1. The van der Waals surface area contributed by atoms with E-state index in [1.165, 1.54) is 0 Å². The summed E-state index contributed by atoms with van der Waals surface area (Å²) >= 11 is 0. The predicted molar refractivity (Wildman–Crippen MR) is 88.7 cm³/mol. The smallest absolute Gasteiger partial charge is 0.224 e. The van der Waals surface area contributed by atoms with Crippen molar-refractivity contribution in [3.8, 4) is 0 Å². The van der Waals surface area contributed by atoms with Crippen LogP contribution in [0, 0.1) is 6.92 Å². The second-order valence-electron chi connectivity index (χ2n) is 5.60. The summed E-state index contributed by atoms with van der Waals surface area (Å²) in [6.45, 7) is 3.61. The number of benzene rings is 1. The van der Waals surface area contributed by atoms with Crippen LogP contribution in [0.2, 0.25) is 0 Å². The van der Waals surface area contributed by atoms with Crippen molar-refractivity contribution in [1.82, 2.24) is 9.97 Å². The van der Waals surface area contributed by atoms with Gasteiger partial charge < -0.3 is 15.0 Å². The van der Waals surface area contributed by atoms with Gasteiger partial charge in [0, 0.05) is 37.6 Å². The zero-order valence-electron chi connectivity index (χ0n) is 13.1. The Morgan fingerprint density at radius 2 is 2.09 bits per heavy atom. The number of nitrogens with zero attached hydrogens (tertiary/aromatic N) is 3. The van der Waals surface area contributed by atoms with Gasteiger partial charge in [-0.3, -0.25) is 0 Å². The lowest BCUT2D eigenvalue weighted by atomic mass is 10.2. The Balaban J connectivity index is 1.74. The van der Waals surface area contributed by atoms with Crippen molar-refractivity contribution < 1.29 is 4.74 Å². The van der Waals surface area contributed by atoms with Gasteiger partial charge in [-0.15, -0.1) is 0 Å². The average molecular weight is 298 g/mol. The van der Waals surface area contributed by atoms with Crippen LogP contribution < -0.4 is 10.2 Å². The minimum Gasteiger partial charge on any atom is -0.376 e. The van der Waals surface area contributed by atoms with Gasteiger partial charge >= 0.3 is 0 Å². The van der Waals surface area contributed by atoms with Crippen LogP contribution in [0.5, 0.6) is 0 Å². The molecule has 5 heteroatoms. The highest BCUT2D eigenvalue weighted by Crippen LogP contribution is 2.23. The molecule has 1 fully saturated rings. The molecule has 5 nitrogen and oxygen atoms in total. The molecule has 1 aromatic heterocycles. The van der Waals surface area contributed by atoms with Crippen LogP contribution in [0.3, 0.4) is 0 Å². The van der Waals surface area contributed by atoms with E-state index in [2.05, 4.69) is 32.3 Å². The maximum absolute atomic E-state index is 5.62. The fourth-order valence-corrected chi connectivity index (χ4v) is 2.60. The lowest BCUT2D eigenvalue weighted by molar-refractivity contribution is 0.120. The van der Waals surface area contributed by atoms with Gasteiger partial charge in [0.1, 0.15) is 5.82 Å². The monoisotopic (exact) mass is 298 g/mol. The standard InChI is InChI=1S/C17H22N4O/c1-13-11-16(21(2)14-7-4-3-5-8-14)20-17(19-13)18-12-15-9-6-10-22-15/h3-5,7-8,11,15H,6,9-10,12H2,1-2H3,(H,18,19,20). The lowest BCUT2D eigenvalue weighted by Gasteiger charge is -2.19. The van der Waals surface area contributed by atoms with Crippen molar-refractivity contribution in [2.24, 2.45) is 0 Å². The van der Waals surface area contributed by atoms with Crippen molar-refractivity contribution in [1.29, 1.82) is 0 Å². The van der Waals surface area contributed by atoms with E-state index in [1.54, 1.807) is 0 Å². The Kier molecular flexibility index (Phi) is 4.53. The largest absolute Gasteiger partial charge is 0.376 e. The fourth-order valence-electron chi connectivity index (χ4n) is 2.60. The van der Waals surface area contributed by atoms with Crippen LogP contribution in [0.25, 0.3) is 0 Å². The van der Waals surface area contributed by atoms with Crippen molar-refractivity contribution in [3.63, 3.8) is 0 Å². The Morgan fingerprint density at radius 3 is 2.82 bits per heavy atom. The molecule has 1 aromatic carbocycles. The second-order valence-corrected chi connectivity index (χ2v) is 5.60. The number of nitrogens with one attached hydrogen (secondary N) is 1. The van der Waals surface area contributed by atoms with Crippen molar-refractivity contribution in [2.45, 2.75) is 25.9 Å². The van der Waals surface area contributed by atoms with Crippen LogP contribution in [0.4, 0.5) is 17.5 Å². The third-order valence-corrected chi connectivity index (χ3v) is 3.84. The van der Waals surface area contributed by atoms with E-state index < -0.39 is 0 Å². The molecule has 0 amide bonds. The molecule has 3 rings (SSSR count). The number of rotatable bonds is 5. The number of aromatic nitrogens is 2. The molecule has 1 aliphatic rings. The first kappa shape index (κ1) is 14.8. The van der Waals surface area contributed by atoms with Crippen LogP contribution in [0.1, 0.15) is 18.5 Å². The lowest BCUT2D eigenvalue weighted by Crippen LogP contribution is -2.20. The van der Waals surface area contributed by atoms with E-state index in [0.717, 1.165) is 43.2 Å². The maximum Gasteiger partial charge on any atom is 0.224 e. The SMILES string of the molecule is Cc1cc(N(C)c2ccccc2)nc(NCC2CCCO2)n1. The summed E-state index contributed by atoms with van der Waals surface area (Å²) in [5, 5.41) is 3.30. The molecule has 0 aliphatic carbocycles. The number of hydrogen-bond acceptors (Lipinski definition) is 5. The van der Waals surface area contributed by atoms with Crippen molar-refractivity contribution in [2.75, 3.05) is 30.4 Å². The third-order valence-electron chi connectivity index (χ3n) is 3.84. The summed E-state index contributed by atoms with van der Waals surface area (Å²) < 4.78 is 5.62. The fraction of sp³-hybridized carbons (Fsp3) is 0.412. The zero-order valence-corrected chi connectivity index (χ0v) is 13.1. The third kappa shape index (κ3) is 3.54. The van der Waals surface area contributed by atoms with E-state index in [9.17, 15) is 0 Å². The van der Waals surface area contributed by atoms with Gasteiger partial charge in [-0.1, -0.05) is 18.2 Å². The van der Waals surface area contributed by atoms with Gasteiger partial charge in [0.15, 0.2) is 0 Å².